The van der Waals surface area contributed by atoms with Crippen LogP contribution in [-0.2, 0) is 17.8 Å². The topological polar surface area (TPSA) is 9.23 Å². The lowest BCUT2D eigenvalue weighted by Crippen LogP contribution is -2.12. The smallest absolute Gasteiger partial charge is 0.0716 e. The molecule has 2 aromatic rings. The zero-order chi connectivity index (χ0) is 19.6. The third kappa shape index (κ3) is 6.07. The Bertz CT molecular complexity index is 690. The van der Waals surface area contributed by atoms with E-state index in [1.807, 2.05) is 6.08 Å². The molecule has 0 unspecified atom stereocenters. The molecule has 0 saturated heterocycles. The fourth-order valence-electron chi connectivity index (χ4n) is 4.38. The Hall–Kier alpha value is -1.86. The summed E-state index contributed by atoms with van der Waals surface area (Å²) in [6.07, 6.45) is 11.8. The molecule has 0 bridgehead atoms. The Morgan fingerprint density at radius 2 is 1.36 bits per heavy atom. The summed E-state index contributed by atoms with van der Waals surface area (Å²) in [7, 11) is 0. The van der Waals surface area contributed by atoms with E-state index in [0.29, 0.717) is 0 Å². The summed E-state index contributed by atoms with van der Waals surface area (Å²) >= 11 is 0. The van der Waals surface area contributed by atoms with Crippen molar-refractivity contribution in [1.29, 1.82) is 0 Å². The van der Waals surface area contributed by atoms with Gasteiger partial charge in [0.15, 0.2) is 0 Å². The van der Waals surface area contributed by atoms with Crippen molar-refractivity contribution in [3.63, 3.8) is 0 Å². The Morgan fingerprint density at radius 3 is 1.86 bits per heavy atom. The predicted molar refractivity (Wildman–Crippen MR) is 120 cm³/mol. The van der Waals surface area contributed by atoms with E-state index in [1.54, 1.807) is 0 Å². The summed E-state index contributed by atoms with van der Waals surface area (Å²) < 4.78 is 5.79. The van der Waals surface area contributed by atoms with Gasteiger partial charge in [0.25, 0.3) is 0 Å². The molecule has 0 aliphatic heterocycles. The molecule has 0 spiro atoms. The third-order valence-corrected chi connectivity index (χ3v) is 6.17. The molecule has 1 aliphatic carbocycles. The van der Waals surface area contributed by atoms with Gasteiger partial charge in [-0.05, 0) is 72.6 Å². The van der Waals surface area contributed by atoms with Crippen molar-refractivity contribution in [2.45, 2.75) is 76.7 Å². The first kappa shape index (κ1) is 20.9. The van der Waals surface area contributed by atoms with Gasteiger partial charge in [-0.25, -0.2) is 0 Å². The Kier molecular flexibility index (Phi) is 8.36. The maximum atomic E-state index is 5.79. The van der Waals surface area contributed by atoms with Crippen LogP contribution in [-0.4, -0.2) is 6.61 Å². The van der Waals surface area contributed by atoms with Gasteiger partial charge in [0.2, 0.25) is 0 Å². The van der Waals surface area contributed by atoms with Crippen LogP contribution in [0.5, 0.6) is 0 Å². The molecule has 0 N–H and O–H groups in total. The number of hydrogen-bond donors (Lipinski definition) is 0. The summed E-state index contributed by atoms with van der Waals surface area (Å²) in [5.41, 5.74) is 5.69. The molecule has 1 aliphatic rings. The average Bonchev–Trinajstić information content (AvgIpc) is 2.75. The molecule has 0 heterocycles. The van der Waals surface area contributed by atoms with E-state index >= 15 is 0 Å². The highest BCUT2D eigenvalue weighted by molar-refractivity contribution is 5.29. The number of rotatable bonds is 10. The van der Waals surface area contributed by atoms with E-state index in [0.717, 1.165) is 31.5 Å². The molecule has 0 radical (unpaired) electrons. The predicted octanol–water partition coefficient (Wildman–Crippen LogP) is 7.56. The molecule has 1 fully saturated rings. The normalized spacial score (nSPS) is 19.5. The molecular weight excluding hydrogens is 340 g/mol. The molecule has 28 heavy (non-hydrogen) atoms. The Labute approximate surface area is 171 Å². The highest BCUT2D eigenvalue weighted by atomic mass is 16.5. The second-order valence-corrected chi connectivity index (χ2v) is 8.28. The van der Waals surface area contributed by atoms with Crippen LogP contribution in [0.1, 0.15) is 86.0 Å². The minimum absolute atomic E-state index is 0.718. The second-order valence-electron chi connectivity index (χ2n) is 8.28. The van der Waals surface area contributed by atoms with Crippen molar-refractivity contribution < 1.29 is 4.74 Å². The number of hydrogen-bond acceptors (Lipinski definition) is 1. The minimum Gasteiger partial charge on any atom is -0.377 e. The van der Waals surface area contributed by atoms with Crippen LogP contribution in [0.2, 0.25) is 0 Å². The lowest BCUT2D eigenvalue weighted by molar-refractivity contribution is 0.117. The highest BCUT2D eigenvalue weighted by Crippen LogP contribution is 2.40. The van der Waals surface area contributed by atoms with Gasteiger partial charge in [-0.3, -0.25) is 0 Å². The fraction of sp³-hybridized carbons (Fsp3) is 0.481. The maximum Gasteiger partial charge on any atom is 0.0716 e. The van der Waals surface area contributed by atoms with Gasteiger partial charge in [0, 0.05) is 6.61 Å². The summed E-state index contributed by atoms with van der Waals surface area (Å²) in [5.74, 6) is 1.45. The standard InChI is InChI=1S/C27H36O/c1-3-5-6-20-28-21-23-10-14-25(15-11-23)27-18-16-26(17-19-27)24-12-8-22(7-4-2)9-13-24/h4,8-15,26-27H,2-3,5-7,16-21H2,1H3. The molecule has 0 amide bonds. The van der Waals surface area contributed by atoms with E-state index < -0.39 is 0 Å². The third-order valence-electron chi connectivity index (χ3n) is 6.17. The average molecular weight is 377 g/mol. The van der Waals surface area contributed by atoms with Gasteiger partial charge in [0.05, 0.1) is 6.61 Å². The van der Waals surface area contributed by atoms with Crippen molar-refractivity contribution >= 4 is 0 Å². The van der Waals surface area contributed by atoms with Crippen LogP contribution < -0.4 is 0 Å². The van der Waals surface area contributed by atoms with Crippen LogP contribution in [0.3, 0.4) is 0 Å². The van der Waals surface area contributed by atoms with Crippen molar-refractivity contribution in [3.05, 3.63) is 83.4 Å². The van der Waals surface area contributed by atoms with Crippen molar-refractivity contribution in [3.8, 4) is 0 Å². The highest BCUT2D eigenvalue weighted by Gasteiger charge is 2.23. The van der Waals surface area contributed by atoms with Crippen LogP contribution in [0, 0.1) is 0 Å². The zero-order valence-electron chi connectivity index (χ0n) is 17.5. The van der Waals surface area contributed by atoms with Crippen LogP contribution in [0.15, 0.2) is 61.2 Å². The lowest BCUT2D eigenvalue weighted by Gasteiger charge is -2.29. The van der Waals surface area contributed by atoms with Crippen LogP contribution in [0.25, 0.3) is 0 Å². The largest absolute Gasteiger partial charge is 0.377 e. The van der Waals surface area contributed by atoms with E-state index in [1.165, 1.54) is 67.2 Å². The number of ether oxygens (including phenoxy) is 1. The molecule has 150 valence electrons. The molecule has 1 nitrogen and oxygen atoms in total. The Morgan fingerprint density at radius 1 is 0.821 bits per heavy atom. The summed E-state index contributed by atoms with van der Waals surface area (Å²) in [5, 5.41) is 0. The maximum absolute atomic E-state index is 5.79. The van der Waals surface area contributed by atoms with E-state index in [2.05, 4.69) is 62.0 Å². The van der Waals surface area contributed by atoms with E-state index in [4.69, 9.17) is 4.74 Å². The van der Waals surface area contributed by atoms with Gasteiger partial charge in [0.1, 0.15) is 0 Å². The molecule has 2 aromatic carbocycles. The van der Waals surface area contributed by atoms with Gasteiger partial charge >= 0.3 is 0 Å². The molecule has 1 saturated carbocycles. The molecule has 1 heteroatoms. The summed E-state index contributed by atoms with van der Waals surface area (Å²) in [4.78, 5) is 0. The van der Waals surface area contributed by atoms with Gasteiger partial charge in [-0.2, -0.15) is 0 Å². The first-order chi connectivity index (χ1) is 13.8. The number of benzene rings is 2. The molecule has 0 atom stereocenters. The van der Waals surface area contributed by atoms with Gasteiger partial charge in [-0.1, -0.05) is 74.4 Å². The molecule has 0 aromatic heterocycles. The fourth-order valence-corrected chi connectivity index (χ4v) is 4.38. The quantitative estimate of drug-likeness (QED) is 0.307. The summed E-state index contributed by atoms with van der Waals surface area (Å²) in [6, 6.07) is 18.4. The zero-order valence-corrected chi connectivity index (χ0v) is 17.5. The monoisotopic (exact) mass is 376 g/mol. The lowest BCUT2D eigenvalue weighted by atomic mass is 9.76. The minimum atomic E-state index is 0.718. The SMILES string of the molecule is C=CCc1ccc(C2CCC(c3ccc(COCCCCC)cc3)CC2)cc1. The van der Waals surface area contributed by atoms with Gasteiger partial charge in [-0.15, -0.1) is 6.58 Å². The second kappa shape index (κ2) is 11.2. The van der Waals surface area contributed by atoms with E-state index in [-0.39, 0.29) is 0 Å². The van der Waals surface area contributed by atoms with Crippen molar-refractivity contribution in [2.75, 3.05) is 6.61 Å². The number of allylic oxidation sites excluding steroid dienone is 1. The molecular formula is C27H36O. The van der Waals surface area contributed by atoms with E-state index in [9.17, 15) is 0 Å². The van der Waals surface area contributed by atoms with Crippen molar-refractivity contribution in [2.24, 2.45) is 0 Å². The first-order valence-electron chi connectivity index (χ1n) is 11.2. The molecule has 3 rings (SSSR count). The first-order valence-corrected chi connectivity index (χ1v) is 11.2. The van der Waals surface area contributed by atoms with Crippen molar-refractivity contribution in [1.82, 2.24) is 0 Å². The Balaban J connectivity index is 1.46. The summed E-state index contributed by atoms with van der Waals surface area (Å²) in [6.45, 7) is 7.69. The van der Waals surface area contributed by atoms with Crippen LogP contribution >= 0.6 is 0 Å². The number of unbranched alkanes of at least 4 members (excludes halogenated alkanes) is 2. The van der Waals surface area contributed by atoms with Gasteiger partial charge < -0.3 is 4.74 Å². The van der Waals surface area contributed by atoms with Crippen LogP contribution in [0.4, 0.5) is 0 Å².